The molecule has 0 fully saturated rings. The Bertz CT molecular complexity index is 598. The van der Waals surface area contributed by atoms with Crippen molar-refractivity contribution in [2.24, 2.45) is 0 Å². The molecule has 2 aromatic rings. The number of hydrogen-bond acceptors (Lipinski definition) is 4. The highest BCUT2D eigenvalue weighted by Gasteiger charge is 2.23. The van der Waals surface area contributed by atoms with Crippen molar-refractivity contribution in [1.82, 2.24) is 9.80 Å². The fraction of sp³-hybridized carbons (Fsp3) is 0.389. The Morgan fingerprint density at radius 1 is 1.35 bits per heavy atom. The molecule has 0 amide bonds. The van der Waals surface area contributed by atoms with Crippen LogP contribution < -0.4 is 0 Å². The Hall–Kier alpha value is -2.11. The number of benzene rings is 1. The molecular weight excluding hydrogens is 292 g/mol. The van der Waals surface area contributed by atoms with Crippen LogP contribution in [0.4, 0.5) is 0 Å². The Kier molecular flexibility index (Phi) is 6.38. The van der Waals surface area contributed by atoms with Gasteiger partial charge in [0, 0.05) is 31.2 Å². The first-order valence-electron chi connectivity index (χ1n) is 7.68. The number of fused-ring (bicyclic) bond motifs is 1. The molecule has 0 bridgehead atoms. The average Bonchev–Trinajstić information content (AvgIpc) is 3.01. The first-order chi connectivity index (χ1) is 11.1. The lowest BCUT2D eigenvalue weighted by atomic mass is 9.94. The Morgan fingerprint density at radius 3 is 2.70 bits per heavy atom. The first-order valence-corrected chi connectivity index (χ1v) is 7.68. The molecule has 0 aliphatic carbocycles. The molecule has 1 N–H and O–H groups in total. The van der Waals surface area contributed by atoms with Crippen LogP contribution in [0.3, 0.4) is 0 Å². The lowest BCUT2D eigenvalue weighted by Gasteiger charge is -2.36. The van der Waals surface area contributed by atoms with E-state index >= 15 is 0 Å². The van der Waals surface area contributed by atoms with Crippen LogP contribution in [0, 0.1) is 0 Å². The Balaban J connectivity index is 0.000000595. The predicted molar refractivity (Wildman–Crippen MR) is 89.1 cm³/mol. The van der Waals surface area contributed by atoms with E-state index in [0.717, 1.165) is 26.1 Å². The van der Waals surface area contributed by atoms with Crippen LogP contribution >= 0.6 is 0 Å². The maximum Gasteiger partial charge on any atom is 0.290 e. The fourth-order valence-corrected chi connectivity index (χ4v) is 3.04. The summed E-state index contributed by atoms with van der Waals surface area (Å²) in [7, 11) is 4.41. The maximum absolute atomic E-state index is 8.36. The second kappa shape index (κ2) is 8.50. The summed E-state index contributed by atoms with van der Waals surface area (Å²) in [6.07, 6.45) is 4.71. The van der Waals surface area contributed by atoms with Gasteiger partial charge in [0.15, 0.2) is 0 Å². The van der Waals surface area contributed by atoms with Crippen LogP contribution in [-0.4, -0.2) is 48.1 Å². The van der Waals surface area contributed by atoms with Crippen LogP contribution in [0.1, 0.15) is 16.7 Å². The van der Waals surface area contributed by atoms with Gasteiger partial charge in [-0.05, 0) is 37.7 Å². The molecule has 5 heteroatoms. The highest BCUT2D eigenvalue weighted by atomic mass is 16.3. The quantitative estimate of drug-likeness (QED) is 0.878. The smallest absolute Gasteiger partial charge is 0.290 e. The molecule has 1 aliphatic heterocycles. The third kappa shape index (κ3) is 4.94. The third-order valence-electron chi connectivity index (χ3n) is 4.17. The monoisotopic (exact) mass is 316 g/mol. The number of carboxylic acid groups (broad SMARTS) is 1. The van der Waals surface area contributed by atoms with Gasteiger partial charge in [0.25, 0.3) is 6.47 Å². The molecule has 0 saturated heterocycles. The van der Waals surface area contributed by atoms with Crippen molar-refractivity contribution in [3.8, 4) is 0 Å². The van der Waals surface area contributed by atoms with E-state index in [0.29, 0.717) is 6.04 Å². The van der Waals surface area contributed by atoms with E-state index in [9.17, 15) is 0 Å². The lowest BCUT2D eigenvalue weighted by molar-refractivity contribution is -0.122. The Labute approximate surface area is 137 Å². The van der Waals surface area contributed by atoms with Gasteiger partial charge in [-0.1, -0.05) is 24.3 Å². The number of likely N-dealkylation sites (N-methyl/N-ethyl adjacent to an activating group) is 2. The van der Waals surface area contributed by atoms with Gasteiger partial charge in [-0.15, -0.1) is 0 Å². The third-order valence-corrected chi connectivity index (χ3v) is 4.17. The largest absolute Gasteiger partial charge is 0.483 e. The van der Waals surface area contributed by atoms with E-state index in [1.165, 1.54) is 16.7 Å². The SMILES string of the molecule is CN(Cc1ccoc1)CC1Cc2ccccc2CN1C.O=CO. The molecule has 0 radical (unpaired) electrons. The van der Waals surface area contributed by atoms with Crippen LogP contribution in [0.5, 0.6) is 0 Å². The maximum atomic E-state index is 8.36. The summed E-state index contributed by atoms with van der Waals surface area (Å²) in [6.45, 7) is 2.83. The molecule has 1 atom stereocenters. The van der Waals surface area contributed by atoms with Crippen molar-refractivity contribution in [2.75, 3.05) is 20.6 Å². The minimum atomic E-state index is -0.250. The summed E-state index contributed by atoms with van der Waals surface area (Å²) in [4.78, 5) is 13.2. The van der Waals surface area contributed by atoms with Gasteiger partial charge in [-0.3, -0.25) is 9.69 Å². The van der Waals surface area contributed by atoms with Gasteiger partial charge in [-0.25, -0.2) is 0 Å². The van der Waals surface area contributed by atoms with Crippen LogP contribution in [0.15, 0.2) is 47.3 Å². The van der Waals surface area contributed by atoms with Crippen molar-refractivity contribution in [2.45, 2.75) is 25.6 Å². The van der Waals surface area contributed by atoms with E-state index in [1.807, 2.05) is 12.3 Å². The lowest BCUT2D eigenvalue weighted by Crippen LogP contribution is -2.44. The topological polar surface area (TPSA) is 56.9 Å². The highest BCUT2D eigenvalue weighted by molar-refractivity contribution is 5.32. The summed E-state index contributed by atoms with van der Waals surface area (Å²) in [5, 5.41) is 6.89. The van der Waals surface area contributed by atoms with E-state index in [-0.39, 0.29) is 6.47 Å². The molecular formula is C18H24N2O3. The van der Waals surface area contributed by atoms with E-state index in [2.05, 4.69) is 48.2 Å². The number of furan rings is 1. The standard InChI is InChI=1S/C17H22N2O.CH2O2/c1-18(10-14-7-8-20-13-14)12-17-9-15-5-3-4-6-16(15)11-19(17)2;2-1-3/h3-8,13,17H,9-12H2,1-2H3;1H,(H,2,3). The summed E-state index contributed by atoms with van der Waals surface area (Å²) in [5.74, 6) is 0. The zero-order chi connectivity index (χ0) is 16.7. The van der Waals surface area contributed by atoms with Crippen molar-refractivity contribution in [3.63, 3.8) is 0 Å². The van der Waals surface area contributed by atoms with Gasteiger partial charge >= 0.3 is 0 Å². The van der Waals surface area contributed by atoms with Gasteiger partial charge in [0.2, 0.25) is 0 Å². The van der Waals surface area contributed by atoms with Crippen molar-refractivity contribution in [1.29, 1.82) is 0 Å². The second-order valence-electron chi connectivity index (χ2n) is 5.98. The average molecular weight is 316 g/mol. The molecule has 5 nitrogen and oxygen atoms in total. The predicted octanol–water partition coefficient (Wildman–Crippen LogP) is 2.47. The second-order valence-corrected chi connectivity index (χ2v) is 5.98. The fourth-order valence-electron chi connectivity index (χ4n) is 3.04. The van der Waals surface area contributed by atoms with Crippen LogP contribution in [0.2, 0.25) is 0 Å². The van der Waals surface area contributed by atoms with Crippen LogP contribution in [-0.2, 0) is 24.3 Å². The molecule has 3 rings (SSSR count). The molecule has 1 unspecified atom stereocenters. The van der Waals surface area contributed by atoms with Gasteiger partial charge in [-0.2, -0.15) is 0 Å². The molecule has 0 saturated carbocycles. The van der Waals surface area contributed by atoms with Crippen LogP contribution in [0.25, 0.3) is 0 Å². The van der Waals surface area contributed by atoms with E-state index < -0.39 is 0 Å². The number of hydrogen-bond donors (Lipinski definition) is 1. The zero-order valence-corrected chi connectivity index (χ0v) is 13.7. The summed E-state index contributed by atoms with van der Waals surface area (Å²) < 4.78 is 5.14. The first kappa shape index (κ1) is 17.2. The Morgan fingerprint density at radius 2 is 2.04 bits per heavy atom. The minimum Gasteiger partial charge on any atom is -0.483 e. The summed E-state index contributed by atoms with van der Waals surface area (Å²) in [6, 6.07) is 11.4. The number of nitrogens with zero attached hydrogens (tertiary/aromatic N) is 2. The summed E-state index contributed by atoms with van der Waals surface area (Å²) in [5.41, 5.74) is 4.22. The van der Waals surface area contributed by atoms with E-state index in [1.54, 1.807) is 6.26 Å². The number of rotatable bonds is 4. The van der Waals surface area contributed by atoms with Crippen molar-refractivity contribution < 1.29 is 14.3 Å². The minimum absolute atomic E-state index is 0.250. The highest BCUT2D eigenvalue weighted by Crippen LogP contribution is 2.22. The summed E-state index contributed by atoms with van der Waals surface area (Å²) >= 11 is 0. The van der Waals surface area contributed by atoms with Gasteiger partial charge in [0.05, 0.1) is 12.5 Å². The molecule has 1 aliphatic rings. The normalized spacial score (nSPS) is 17.3. The van der Waals surface area contributed by atoms with Crippen molar-refractivity contribution in [3.05, 3.63) is 59.5 Å². The van der Waals surface area contributed by atoms with E-state index in [4.69, 9.17) is 14.3 Å². The molecule has 0 spiro atoms. The van der Waals surface area contributed by atoms with Gasteiger partial charge in [0.1, 0.15) is 0 Å². The molecule has 2 heterocycles. The molecule has 1 aromatic carbocycles. The van der Waals surface area contributed by atoms with Gasteiger partial charge < -0.3 is 14.4 Å². The molecule has 1 aromatic heterocycles. The zero-order valence-electron chi connectivity index (χ0n) is 13.7. The molecule has 23 heavy (non-hydrogen) atoms. The molecule has 124 valence electrons. The number of carbonyl (C=O) groups is 1. The van der Waals surface area contributed by atoms with Crippen molar-refractivity contribution >= 4 is 6.47 Å².